The van der Waals surface area contributed by atoms with Crippen molar-refractivity contribution in [3.05, 3.63) is 22.7 Å². The third-order valence-corrected chi connectivity index (χ3v) is 3.06. The third kappa shape index (κ3) is 2.26. The Kier molecular flexibility index (Phi) is 3.17. The summed E-state index contributed by atoms with van der Waals surface area (Å²) in [6.45, 7) is 2.98. The number of halogens is 1. The highest BCUT2D eigenvalue weighted by Crippen LogP contribution is 2.33. The Bertz CT molecular complexity index is 356. The van der Waals surface area contributed by atoms with E-state index in [1.807, 2.05) is 25.2 Å². The van der Waals surface area contributed by atoms with Gasteiger partial charge in [-0.1, -0.05) is 15.9 Å². The van der Waals surface area contributed by atoms with Crippen LogP contribution in [-0.2, 0) is 0 Å². The summed E-state index contributed by atoms with van der Waals surface area (Å²) in [7, 11) is 1.94. The van der Waals surface area contributed by atoms with Gasteiger partial charge in [-0.25, -0.2) is 0 Å². The van der Waals surface area contributed by atoms with Crippen LogP contribution in [0.5, 0.6) is 5.75 Å². The molecule has 1 aromatic rings. The van der Waals surface area contributed by atoms with Gasteiger partial charge in [0.15, 0.2) is 0 Å². The van der Waals surface area contributed by atoms with Crippen LogP contribution in [0.25, 0.3) is 0 Å². The van der Waals surface area contributed by atoms with Gasteiger partial charge >= 0.3 is 0 Å². The summed E-state index contributed by atoms with van der Waals surface area (Å²) < 4.78 is 6.96. The van der Waals surface area contributed by atoms with Crippen LogP contribution in [0.4, 0.5) is 5.69 Å². The molecule has 1 heterocycles. The first-order valence-corrected chi connectivity index (χ1v) is 5.87. The number of benzene rings is 1. The molecule has 0 saturated heterocycles. The average molecular weight is 271 g/mol. The van der Waals surface area contributed by atoms with Crippen LogP contribution < -0.4 is 15.4 Å². The van der Waals surface area contributed by atoms with Crippen molar-refractivity contribution >= 4 is 21.6 Å². The minimum absolute atomic E-state index is 0.184. The number of anilines is 1. The standard InChI is InChI=1S/C11H15BrN2O/c1-7-11(6-13-2)15-10-4-3-8(12)5-9(10)14-7/h3-5,7,11,13-14H,6H2,1-2H3. The molecule has 0 spiro atoms. The van der Waals surface area contributed by atoms with Crippen molar-refractivity contribution in [2.75, 3.05) is 18.9 Å². The second-order valence-corrected chi connectivity index (χ2v) is 4.70. The zero-order valence-corrected chi connectivity index (χ0v) is 10.5. The molecule has 1 aliphatic rings. The lowest BCUT2D eigenvalue weighted by Crippen LogP contribution is -2.44. The number of nitrogens with one attached hydrogen (secondary N) is 2. The smallest absolute Gasteiger partial charge is 0.143 e. The van der Waals surface area contributed by atoms with E-state index < -0.39 is 0 Å². The SMILES string of the molecule is CNCC1Oc2ccc(Br)cc2NC1C. The van der Waals surface area contributed by atoms with Crippen molar-refractivity contribution in [2.45, 2.75) is 19.1 Å². The van der Waals surface area contributed by atoms with E-state index in [1.54, 1.807) is 0 Å². The van der Waals surface area contributed by atoms with Crippen LogP contribution in [0.15, 0.2) is 22.7 Å². The maximum Gasteiger partial charge on any atom is 0.143 e. The number of hydrogen-bond donors (Lipinski definition) is 2. The number of fused-ring (bicyclic) bond motifs is 1. The Balaban J connectivity index is 2.22. The van der Waals surface area contributed by atoms with Gasteiger partial charge in [0.25, 0.3) is 0 Å². The summed E-state index contributed by atoms with van der Waals surface area (Å²) in [5.74, 6) is 0.927. The number of likely N-dealkylation sites (N-methyl/N-ethyl adjacent to an activating group) is 1. The van der Waals surface area contributed by atoms with Gasteiger partial charge in [-0.2, -0.15) is 0 Å². The molecule has 0 fully saturated rings. The van der Waals surface area contributed by atoms with E-state index in [9.17, 15) is 0 Å². The second-order valence-electron chi connectivity index (χ2n) is 3.79. The van der Waals surface area contributed by atoms with Gasteiger partial charge in [0, 0.05) is 11.0 Å². The van der Waals surface area contributed by atoms with Crippen molar-refractivity contribution in [2.24, 2.45) is 0 Å². The quantitative estimate of drug-likeness (QED) is 0.865. The second kappa shape index (κ2) is 4.41. The van der Waals surface area contributed by atoms with E-state index >= 15 is 0 Å². The highest BCUT2D eigenvalue weighted by Gasteiger charge is 2.25. The molecular weight excluding hydrogens is 256 g/mol. The normalized spacial score (nSPS) is 23.9. The molecule has 0 radical (unpaired) electrons. The molecule has 0 saturated carbocycles. The number of ether oxygens (including phenoxy) is 1. The van der Waals surface area contributed by atoms with E-state index in [1.165, 1.54) is 0 Å². The molecule has 4 heteroatoms. The molecule has 2 rings (SSSR count). The van der Waals surface area contributed by atoms with Crippen molar-refractivity contribution in [1.29, 1.82) is 0 Å². The summed E-state index contributed by atoms with van der Waals surface area (Å²) in [6.07, 6.45) is 0.184. The molecule has 0 aromatic heterocycles. The van der Waals surface area contributed by atoms with Crippen molar-refractivity contribution < 1.29 is 4.74 Å². The molecule has 82 valence electrons. The van der Waals surface area contributed by atoms with Gasteiger partial charge in [-0.3, -0.25) is 0 Å². The molecule has 1 aromatic carbocycles. The highest BCUT2D eigenvalue weighted by molar-refractivity contribution is 9.10. The van der Waals surface area contributed by atoms with Crippen LogP contribution in [0.2, 0.25) is 0 Å². The first-order valence-electron chi connectivity index (χ1n) is 5.08. The third-order valence-electron chi connectivity index (χ3n) is 2.57. The Morgan fingerprint density at radius 1 is 1.53 bits per heavy atom. The molecular formula is C11H15BrN2O. The summed E-state index contributed by atoms with van der Waals surface area (Å²) in [4.78, 5) is 0. The summed E-state index contributed by atoms with van der Waals surface area (Å²) in [5, 5.41) is 6.58. The molecule has 2 unspecified atom stereocenters. The molecule has 0 amide bonds. The zero-order chi connectivity index (χ0) is 10.8. The fourth-order valence-electron chi connectivity index (χ4n) is 1.74. The van der Waals surface area contributed by atoms with Crippen LogP contribution in [0.1, 0.15) is 6.92 Å². The van der Waals surface area contributed by atoms with E-state index in [4.69, 9.17) is 4.74 Å². The first kappa shape index (κ1) is 10.8. The number of rotatable bonds is 2. The van der Waals surface area contributed by atoms with Crippen LogP contribution >= 0.6 is 15.9 Å². The Labute approximate surface area is 98.3 Å². The fraction of sp³-hybridized carbons (Fsp3) is 0.455. The van der Waals surface area contributed by atoms with Gasteiger partial charge in [0.05, 0.1) is 11.7 Å². The van der Waals surface area contributed by atoms with Crippen LogP contribution in [0, 0.1) is 0 Å². The fourth-order valence-corrected chi connectivity index (χ4v) is 2.10. The monoisotopic (exact) mass is 270 g/mol. The molecule has 3 nitrogen and oxygen atoms in total. The summed E-state index contributed by atoms with van der Waals surface area (Å²) in [5.41, 5.74) is 1.06. The van der Waals surface area contributed by atoms with E-state index in [0.29, 0.717) is 6.04 Å². The lowest BCUT2D eigenvalue weighted by molar-refractivity contribution is 0.174. The Hall–Kier alpha value is -0.740. The zero-order valence-electron chi connectivity index (χ0n) is 8.88. The van der Waals surface area contributed by atoms with Gasteiger partial charge in [0.2, 0.25) is 0 Å². The summed E-state index contributed by atoms with van der Waals surface area (Å²) in [6, 6.07) is 6.34. The average Bonchev–Trinajstić information content (AvgIpc) is 2.20. The van der Waals surface area contributed by atoms with Gasteiger partial charge in [0.1, 0.15) is 11.9 Å². The van der Waals surface area contributed by atoms with Crippen molar-refractivity contribution in [3.8, 4) is 5.75 Å². The predicted octanol–water partition coefficient (Wildman–Crippen LogP) is 2.23. The molecule has 2 atom stereocenters. The van der Waals surface area contributed by atoms with E-state index in [0.717, 1.165) is 22.5 Å². The molecule has 2 N–H and O–H groups in total. The lowest BCUT2D eigenvalue weighted by atomic mass is 10.1. The molecule has 1 aliphatic heterocycles. The lowest BCUT2D eigenvalue weighted by Gasteiger charge is -2.33. The van der Waals surface area contributed by atoms with Gasteiger partial charge in [-0.15, -0.1) is 0 Å². The number of hydrogen-bond acceptors (Lipinski definition) is 3. The molecule has 15 heavy (non-hydrogen) atoms. The summed E-state index contributed by atoms with van der Waals surface area (Å²) >= 11 is 3.45. The Morgan fingerprint density at radius 3 is 3.07 bits per heavy atom. The highest BCUT2D eigenvalue weighted by atomic mass is 79.9. The Morgan fingerprint density at radius 2 is 2.33 bits per heavy atom. The predicted molar refractivity (Wildman–Crippen MR) is 65.6 cm³/mol. The van der Waals surface area contributed by atoms with Crippen LogP contribution in [-0.4, -0.2) is 25.7 Å². The minimum atomic E-state index is 0.184. The molecule has 0 bridgehead atoms. The van der Waals surface area contributed by atoms with E-state index in [-0.39, 0.29) is 6.10 Å². The largest absolute Gasteiger partial charge is 0.485 e. The van der Waals surface area contributed by atoms with Crippen LogP contribution in [0.3, 0.4) is 0 Å². The maximum absolute atomic E-state index is 5.89. The topological polar surface area (TPSA) is 33.3 Å². The van der Waals surface area contributed by atoms with E-state index in [2.05, 4.69) is 33.5 Å². The van der Waals surface area contributed by atoms with Gasteiger partial charge < -0.3 is 15.4 Å². The molecule has 0 aliphatic carbocycles. The first-order chi connectivity index (χ1) is 7.20. The maximum atomic E-state index is 5.89. The van der Waals surface area contributed by atoms with Crippen molar-refractivity contribution in [3.63, 3.8) is 0 Å². The minimum Gasteiger partial charge on any atom is -0.485 e. The van der Waals surface area contributed by atoms with Gasteiger partial charge in [-0.05, 0) is 32.2 Å². The van der Waals surface area contributed by atoms with Crippen molar-refractivity contribution in [1.82, 2.24) is 5.32 Å².